The van der Waals surface area contributed by atoms with E-state index in [9.17, 15) is 0 Å². The van der Waals surface area contributed by atoms with Gasteiger partial charge in [0.1, 0.15) is 5.75 Å². The molecule has 1 heterocycles. The number of morpholine rings is 1. The molecule has 1 aliphatic rings. The van der Waals surface area contributed by atoms with Crippen molar-refractivity contribution in [3.05, 3.63) is 24.3 Å². The van der Waals surface area contributed by atoms with Gasteiger partial charge in [0.05, 0.1) is 25.5 Å². The highest BCUT2D eigenvalue weighted by molar-refractivity contribution is 8.26. The van der Waals surface area contributed by atoms with Crippen LogP contribution < -0.4 is 10.5 Å². The second-order valence-electron chi connectivity index (χ2n) is 4.84. The van der Waals surface area contributed by atoms with Gasteiger partial charge in [-0.05, 0) is 49.9 Å². The molecule has 0 atom stereocenters. The fourth-order valence-corrected chi connectivity index (χ4v) is 2.96. The first-order valence-electron chi connectivity index (χ1n) is 7.85. The van der Waals surface area contributed by atoms with Gasteiger partial charge in [0.2, 0.25) is 0 Å². The van der Waals surface area contributed by atoms with Crippen molar-refractivity contribution in [3.8, 4) is 5.75 Å². The molecule has 25 heavy (non-hydrogen) atoms. The summed E-state index contributed by atoms with van der Waals surface area (Å²) in [6.07, 6.45) is 0. The summed E-state index contributed by atoms with van der Waals surface area (Å²) < 4.78 is 10.8. The lowest BCUT2D eigenvalue weighted by Crippen LogP contribution is -2.40. The van der Waals surface area contributed by atoms with Crippen LogP contribution in [0.5, 0.6) is 5.75 Å². The normalized spacial score (nSPS) is 15.2. The monoisotopic (exact) mass is 408 g/mol. The standard InChI is InChI=1S/C16H24N4O2S.2ClH/c1-3-18-16(20-9-11-21-12-10-20)23-15(17)19-13-5-7-14(8-6-13)22-4-2;;/h5-8H,3-4,9-12H2,1-2H3,(H2,17,19);2*1H. The molecule has 0 unspecified atom stereocenters. The fraction of sp³-hybridized carbons (Fsp3) is 0.500. The zero-order chi connectivity index (χ0) is 16.5. The number of hydrogen-bond donors (Lipinski definition) is 1. The first-order chi connectivity index (χ1) is 11.2. The molecule has 2 N–H and O–H groups in total. The molecule has 6 nitrogen and oxygen atoms in total. The number of hydrogen-bond acceptors (Lipinski definition) is 5. The molecule has 0 spiro atoms. The van der Waals surface area contributed by atoms with Gasteiger partial charge in [0.25, 0.3) is 0 Å². The average molecular weight is 409 g/mol. The highest BCUT2D eigenvalue weighted by Crippen LogP contribution is 2.20. The quantitative estimate of drug-likeness (QED) is 0.610. The number of thioether (sulfide) groups is 1. The minimum Gasteiger partial charge on any atom is -0.494 e. The van der Waals surface area contributed by atoms with Crippen LogP contribution in [0.3, 0.4) is 0 Å². The average Bonchev–Trinajstić information content (AvgIpc) is 2.57. The van der Waals surface area contributed by atoms with E-state index >= 15 is 0 Å². The summed E-state index contributed by atoms with van der Waals surface area (Å²) in [5.74, 6) is 0.833. The fourth-order valence-electron chi connectivity index (χ4n) is 2.11. The summed E-state index contributed by atoms with van der Waals surface area (Å²) in [4.78, 5) is 11.2. The van der Waals surface area contributed by atoms with Crippen molar-refractivity contribution in [2.24, 2.45) is 15.7 Å². The highest BCUT2D eigenvalue weighted by Gasteiger charge is 2.16. The number of aliphatic imine (C=N–C) groups is 2. The summed E-state index contributed by atoms with van der Waals surface area (Å²) in [6.45, 7) is 8.46. The zero-order valence-corrected chi connectivity index (χ0v) is 17.0. The third kappa shape index (κ3) is 8.18. The molecule has 0 radical (unpaired) electrons. The Hall–Kier alpha value is -1.15. The molecule has 1 aliphatic heterocycles. The van der Waals surface area contributed by atoms with Crippen molar-refractivity contribution in [3.63, 3.8) is 0 Å². The van der Waals surface area contributed by atoms with E-state index in [4.69, 9.17) is 15.2 Å². The molecule has 0 bridgehead atoms. The highest BCUT2D eigenvalue weighted by atomic mass is 35.5. The SMILES string of the molecule is CCN=C(SC(N)=Nc1ccc(OCC)cc1)N1CCOCC1.Cl.Cl. The molecular formula is C16H26Cl2N4O2S. The van der Waals surface area contributed by atoms with Crippen LogP contribution in [0.2, 0.25) is 0 Å². The molecule has 9 heteroatoms. The maximum Gasteiger partial charge on any atom is 0.167 e. The summed E-state index contributed by atoms with van der Waals surface area (Å²) in [5, 5.41) is 1.39. The summed E-state index contributed by atoms with van der Waals surface area (Å²) >= 11 is 1.40. The Morgan fingerprint density at radius 3 is 2.40 bits per heavy atom. The van der Waals surface area contributed by atoms with Gasteiger partial charge in [-0.3, -0.25) is 4.99 Å². The van der Waals surface area contributed by atoms with Crippen LogP contribution in [0.15, 0.2) is 34.3 Å². The first-order valence-corrected chi connectivity index (χ1v) is 8.66. The van der Waals surface area contributed by atoms with Crippen molar-refractivity contribution in [1.82, 2.24) is 4.90 Å². The van der Waals surface area contributed by atoms with Crippen LogP contribution in [0.4, 0.5) is 5.69 Å². The van der Waals surface area contributed by atoms with E-state index in [1.54, 1.807) is 0 Å². The lowest BCUT2D eigenvalue weighted by Gasteiger charge is -2.29. The largest absolute Gasteiger partial charge is 0.494 e. The molecule has 2 rings (SSSR count). The van der Waals surface area contributed by atoms with Crippen LogP contribution >= 0.6 is 36.6 Å². The van der Waals surface area contributed by atoms with Gasteiger partial charge < -0.3 is 20.1 Å². The van der Waals surface area contributed by atoms with Crippen LogP contribution in [-0.4, -0.2) is 54.7 Å². The van der Waals surface area contributed by atoms with Crippen molar-refractivity contribution in [1.29, 1.82) is 0 Å². The molecule has 1 aromatic rings. The number of ether oxygens (including phenoxy) is 2. The van der Waals surface area contributed by atoms with Crippen LogP contribution in [0.25, 0.3) is 0 Å². The lowest BCUT2D eigenvalue weighted by molar-refractivity contribution is 0.0693. The summed E-state index contributed by atoms with van der Waals surface area (Å²) in [6, 6.07) is 7.57. The van der Waals surface area contributed by atoms with E-state index in [0.29, 0.717) is 11.8 Å². The Kier molecular flexibility index (Phi) is 12.5. The summed E-state index contributed by atoms with van der Waals surface area (Å²) in [7, 11) is 0. The number of nitrogens with two attached hydrogens (primary N) is 1. The Morgan fingerprint density at radius 2 is 1.84 bits per heavy atom. The van der Waals surface area contributed by atoms with Gasteiger partial charge >= 0.3 is 0 Å². The molecule has 1 saturated heterocycles. The molecule has 0 aromatic heterocycles. The van der Waals surface area contributed by atoms with E-state index in [1.807, 2.05) is 38.1 Å². The number of halogens is 2. The third-order valence-corrected chi connectivity index (χ3v) is 4.03. The molecule has 0 saturated carbocycles. The van der Waals surface area contributed by atoms with E-state index in [-0.39, 0.29) is 24.8 Å². The predicted octanol–water partition coefficient (Wildman–Crippen LogP) is 3.32. The van der Waals surface area contributed by atoms with Gasteiger partial charge in [-0.25, -0.2) is 4.99 Å². The second-order valence-corrected chi connectivity index (χ2v) is 5.82. The van der Waals surface area contributed by atoms with Gasteiger partial charge in [-0.1, -0.05) is 0 Å². The van der Waals surface area contributed by atoms with Crippen molar-refractivity contribution < 1.29 is 9.47 Å². The van der Waals surface area contributed by atoms with E-state index in [0.717, 1.165) is 49.5 Å². The lowest BCUT2D eigenvalue weighted by atomic mass is 10.3. The number of benzene rings is 1. The molecule has 0 aliphatic carbocycles. The maximum atomic E-state index is 6.08. The van der Waals surface area contributed by atoms with E-state index < -0.39 is 0 Å². The van der Waals surface area contributed by atoms with Gasteiger partial charge in [-0.2, -0.15) is 0 Å². The Labute approximate surface area is 166 Å². The maximum absolute atomic E-state index is 6.08. The van der Waals surface area contributed by atoms with Gasteiger partial charge in [0, 0.05) is 19.6 Å². The Morgan fingerprint density at radius 1 is 1.20 bits per heavy atom. The second kappa shape index (κ2) is 13.1. The number of nitrogens with zero attached hydrogens (tertiary/aromatic N) is 3. The first kappa shape index (κ1) is 23.9. The van der Waals surface area contributed by atoms with E-state index in [1.165, 1.54) is 11.8 Å². The molecule has 1 fully saturated rings. The predicted molar refractivity (Wildman–Crippen MR) is 111 cm³/mol. The Bertz CT molecular complexity index is 550. The number of rotatable bonds is 4. The third-order valence-electron chi connectivity index (χ3n) is 3.16. The molecular weight excluding hydrogens is 383 g/mol. The van der Waals surface area contributed by atoms with Crippen molar-refractivity contribution in [2.75, 3.05) is 39.5 Å². The van der Waals surface area contributed by atoms with Gasteiger partial charge in [0.15, 0.2) is 10.3 Å². The topological polar surface area (TPSA) is 72.4 Å². The van der Waals surface area contributed by atoms with Crippen molar-refractivity contribution in [2.45, 2.75) is 13.8 Å². The summed E-state index contributed by atoms with van der Waals surface area (Å²) in [5.41, 5.74) is 6.89. The van der Waals surface area contributed by atoms with Crippen molar-refractivity contribution >= 4 is 52.6 Å². The van der Waals surface area contributed by atoms with Gasteiger partial charge in [-0.15, -0.1) is 24.8 Å². The zero-order valence-electron chi connectivity index (χ0n) is 14.5. The van der Waals surface area contributed by atoms with Crippen LogP contribution in [-0.2, 0) is 4.74 Å². The van der Waals surface area contributed by atoms with Crippen LogP contribution in [0, 0.1) is 0 Å². The molecule has 142 valence electrons. The Balaban J connectivity index is 0.00000288. The number of amidine groups is 2. The minimum atomic E-state index is 0. The molecule has 1 aromatic carbocycles. The minimum absolute atomic E-state index is 0. The molecule has 0 amide bonds. The smallest absolute Gasteiger partial charge is 0.167 e. The van der Waals surface area contributed by atoms with E-state index in [2.05, 4.69) is 14.9 Å². The van der Waals surface area contributed by atoms with Crippen LogP contribution in [0.1, 0.15) is 13.8 Å².